The van der Waals surface area contributed by atoms with Gasteiger partial charge in [-0.25, -0.2) is 0 Å². The first-order valence-corrected chi connectivity index (χ1v) is 11.0. The highest BCUT2D eigenvalue weighted by molar-refractivity contribution is 7.80. The number of hydrogen-bond donors (Lipinski definition) is 2. The van der Waals surface area contributed by atoms with E-state index in [9.17, 15) is 4.79 Å². The summed E-state index contributed by atoms with van der Waals surface area (Å²) < 4.78 is 2.15. The summed E-state index contributed by atoms with van der Waals surface area (Å²) in [6.45, 7) is 1.49. The summed E-state index contributed by atoms with van der Waals surface area (Å²) in [5.41, 5.74) is 4.65. The first-order chi connectivity index (χ1) is 16.1. The molecule has 3 aromatic heterocycles. The molecule has 2 atom stereocenters. The minimum Gasteiger partial charge on any atom is -0.351 e. The zero-order valence-electron chi connectivity index (χ0n) is 17.9. The number of anilines is 2. The van der Waals surface area contributed by atoms with E-state index in [2.05, 4.69) is 36.1 Å². The van der Waals surface area contributed by atoms with Crippen molar-refractivity contribution in [2.45, 2.75) is 19.0 Å². The first-order valence-electron chi connectivity index (χ1n) is 10.6. The third-order valence-electron chi connectivity index (χ3n) is 5.59. The van der Waals surface area contributed by atoms with Gasteiger partial charge in [0, 0.05) is 54.5 Å². The van der Waals surface area contributed by atoms with Crippen LogP contribution >= 0.6 is 12.2 Å². The van der Waals surface area contributed by atoms with Gasteiger partial charge < -0.3 is 20.1 Å². The second-order valence-electron chi connectivity index (χ2n) is 7.73. The average Bonchev–Trinajstić information content (AvgIpc) is 3.45. The summed E-state index contributed by atoms with van der Waals surface area (Å²) in [7, 11) is 0. The number of nitrogens with one attached hydrogen (secondary N) is 2. The third-order valence-corrected chi connectivity index (χ3v) is 5.90. The Morgan fingerprint density at radius 1 is 0.970 bits per heavy atom. The van der Waals surface area contributed by atoms with Gasteiger partial charge in [-0.2, -0.15) is 0 Å². The van der Waals surface area contributed by atoms with Gasteiger partial charge in [0.05, 0.1) is 11.7 Å². The number of carbonyl (C=O) groups is 1. The molecule has 1 aliphatic heterocycles. The van der Waals surface area contributed by atoms with Gasteiger partial charge in [0.1, 0.15) is 6.04 Å². The van der Waals surface area contributed by atoms with Crippen LogP contribution in [0.1, 0.15) is 30.4 Å². The van der Waals surface area contributed by atoms with Crippen molar-refractivity contribution in [2.75, 3.05) is 10.2 Å². The number of carbonyl (C=O) groups excluding carboxylic acids is 1. The van der Waals surface area contributed by atoms with Crippen LogP contribution in [-0.2, 0) is 4.79 Å². The number of rotatable bonds is 5. The maximum atomic E-state index is 11.4. The molecule has 1 aliphatic rings. The van der Waals surface area contributed by atoms with Gasteiger partial charge in [-0.3, -0.25) is 14.8 Å². The summed E-state index contributed by atoms with van der Waals surface area (Å²) in [6.07, 6.45) is 7.40. The molecule has 1 saturated heterocycles. The van der Waals surface area contributed by atoms with Gasteiger partial charge in [0.15, 0.2) is 5.11 Å². The van der Waals surface area contributed by atoms with Gasteiger partial charge in [-0.15, -0.1) is 0 Å². The molecule has 0 unspecified atom stereocenters. The van der Waals surface area contributed by atoms with Gasteiger partial charge >= 0.3 is 0 Å². The number of aromatic nitrogens is 3. The van der Waals surface area contributed by atoms with Crippen LogP contribution < -0.4 is 15.5 Å². The lowest BCUT2D eigenvalue weighted by Crippen LogP contribution is -2.30. The molecule has 1 fully saturated rings. The van der Waals surface area contributed by atoms with E-state index in [0.29, 0.717) is 5.11 Å². The highest BCUT2D eigenvalue weighted by Gasteiger charge is 2.42. The summed E-state index contributed by atoms with van der Waals surface area (Å²) in [6, 6.07) is 21.4. The Labute approximate surface area is 197 Å². The predicted octanol–water partition coefficient (Wildman–Crippen LogP) is 4.40. The van der Waals surface area contributed by atoms with Crippen LogP contribution in [0.15, 0.2) is 91.5 Å². The van der Waals surface area contributed by atoms with Crippen molar-refractivity contribution < 1.29 is 4.79 Å². The number of amides is 1. The molecule has 0 radical (unpaired) electrons. The summed E-state index contributed by atoms with van der Waals surface area (Å²) in [5, 5.41) is 6.91. The lowest BCUT2D eigenvalue weighted by Gasteiger charge is -2.29. The van der Waals surface area contributed by atoms with E-state index < -0.39 is 0 Å². The quantitative estimate of drug-likeness (QED) is 0.436. The van der Waals surface area contributed by atoms with Crippen LogP contribution in [-0.4, -0.2) is 25.6 Å². The molecule has 5 rings (SSSR count). The number of benzene rings is 1. The molecule has 0 saturated carbocycles. The highest BCUT2D eigenvalue weighted by Crippen LogP contribution is 2.42. The first kappa shape index (κ1) is 20.8. The maximum absolute atomic E-state index is 11.4. The van der Waals surface area contributed by atoms with E-state index in [0.717, 1.165) is 28.5 Å². The van der Waals surface area contributed by atoms with Crippen molar-refractivity contribution in [2.24, 2.45) is 0 Å². The molecule has 4 heterocycles. The Morgan fingerprint density at radius 3 is 2.45 bits per heavy atom. The summed E-state index contributed by atoms with van der Waals surface area (Å²) >= 11 is 5.81. The zero-order chi connectivity index (χ0) is 22.8. The normalized spacial score (nSPS) is 17.6. The number of hydrogen-bond acceptors (Lipinski definition) is 4. The predicted molar refractivity (Wildman–Crippen MR) is 132 cm³/mol. The number of pyridine rings is 2. The standard InChI is InChI=1S/C25H22N6OS/c1-17(32)28-18-7-9-20(10-8-18)31-24(23(29-25(31)33)21-5-2-3-13-27-21)22-6-4-16-30(22)19-11-14-26-15-12-19/h2-16,23-24H,1H3,(H,28,32)(H,29,33)/t23-,24-/m1/s1. The Hall–Kier alpha value is -4.04. The number of nitrogens with zero attached hydrogens (tertiary/aromatic N) is 4. The topological polar surface area (TPSA) is 75.1 Å². The molecule has 0 spiro atoms. The molecule has 7 nitrogen and oxygen atoms in total. The molecule has 1 aromatic carbocycles. The molecular weight excluding hydrogens is 432 g/mol. The van der Waals surface area contributed by atoms with E-state index in [4.69, 9.17) is 12.2 Å². The fraction of sp³-hybridized carbons (Fsp3) is 0.120. The van der Waals surface area contributed by atoms with Crippen molar-refractivity contribution in [3.8, 4) is 5.69 Å². The Kier molecular flexibility index (Phi) is 5.58. The molecule has 4 aromatic rings. The van der Waals surface area contributed by atoms with Crippen molar-refractivity contribution in [3.05, 3.63) is 103 Å². The minimum atomic E-state index is -0.151. The largest absolute Gasteiger partial charge is 0.351 e. The molecule has 1 amide bonds. The Balaban J connectivity index is 1.61. The molecule has 33 heavy (non-hydrogen) atoms. The van der Waals surface area contributed by atoms with Crippen molar-refractivity contribution >= 4 is 34.6 Å². The minimum absolute atomic E-state index is 0.107. The fourth-order valence-corrected chi connectivity index (χ4v) is 4.56. The Bertz CT molecular complexity index is 1270. The second kappa shape index (κ2) is 8.84. The van der Waals surface area contributed by atoms with Gasteiger partial charge in [0.2, 0.25) is 5.91 Å². The van der Waals surface area contributed by atoms with Crippen molar-refractivity contribution in [1.82, 2.24) is 19.9 Å². The van der Waals surface area contributed by atoms with E-state index in [1.807, 2.05) is 66.9 Å². The molecule has 164 valence electrons. The molecule has 0 bridgehead atoms. The van der Waals surface area contributed by atoms with Gasteiger partial charge in [-0.05, 0) is 72.9 Å². The molecular formula is C25H22N6OS. The maximum Gasteiger partial charge on any atom is 0.221 e. The van der Waals surface area contributed by atoms with Gasteiger partial charge in [-0.1, -0.05) is 6.07 Å². The second-order valence-corrected chi connectivity index (χ2v) is 8.12. The lowest BCUT2D eigenvalue weighted by atomic mass is 10.0. The average molecular weight is 455 g/mol. The zero-order valence-corrected chi connectivity index (χ0v) is 18.7. The highest BCUT2D eigenvalue weighted by atomic mass is 32.1. The van der Waals surface area contributed by atoms with Crippen LogP contribution in [0.3, 0.4) is 0 Å². The SMILES string of the molecule is CC(=O)Nc1ccc(N2C(=S)N[C@H](c3ccccn3)[C@H]2c2cccn2-c2ccncc2)cc1. The molecule has 0 aliphatic carbocycles. The van der Waals surface area contributed by atoms with E-state index in [1.165, 1.54) is 6.92 Å². The molecule has 8 heteroatoms. The number of thiocarbonyl (C=S) groups is 1. The summed E-state index contributed by atoms with van der Waals surface area (Å²) in [4.78, 5) is 22.3. The van der Waals surface area contributed by atoms with Gasteiger partial charge in [0.25, 0.3) is 0 Å². The summed E-state index contributed by atoms with van der Waals surface area (Å²) in [5.74, 6) is -0.107. The van der Waals surface area contributed by atoms with E-state index >= 15 is 0 Å². The van der Waals surface area contributed by atoms with Crippen LogP contribution in [0.5, 0.6) is 0 Å². The van der Waals surface area contributed by atoms with Crippen LogP contribution in [0, 0.1) is 0 Å². The molecule has 2 N–H and O–H groups in total. The van der Waals surface area contributed by atoms with Crippen LogP contribution in [0.25, 0.3) is 5.69 Å². The Morgan fingerprint density at radius 2 is 1.76 bits per heavy atom. The van der Waals surface area contributed by atoms with Crippen LogP contribution in [0.2, 0.25) is 0 Å². The monoisotopic (exact) mass is 454 g/mol. The lowest BCUT2D eigenvalue weighted by molar-refractivity contribution is -0.114. The third kappa shape index (κ3) is 4.08. The van der Waals surface area contributed by atoms with Crippen LogP contribution in [0.4, 0.5) is 11.4 Å². The van der Waals surface area contributed by atoms with Crippen molar-refractivity contribution in [1.29, 1.82) is 0 Å². The smallest absolute Gasteiger partial charge is 0.221 e. The van der Waals surface area contributed by atoms with E-state index in [-0.39, 0.29) is 18.0 Å². The fourth-order valence-electron chi connectivity index (χ4n) is 4.22. The van der Waals surface area contributed by atoms with Crippen molar-refractivity contribution in [3.63, 3.8) is 0 Å². The van der Waals surface area contributed by atoms with E-state index in [1.54, 1.807) is 18.6 Å².